The summed E-state index contributed by atoms with van der Waals surface area (Å²) in [6.45, 7) is 4.10. The number of fused-ring (bicyclic) bond motifs is 1. The van der Waals surface area contributed by atoms with Crippen molar-refractivity contribution >= 4 is 40.8 Å². The van der Waals surface area contributed by atoms with Gasteiger partial charge in [-0.25, -0.2) is 0 Å². The van der Waals surface area contributed by atoms with E-state index in [1.54, 1.807) is 14.2 Å². The highest BCUT2D eigenvalue weighted by molar-refractivity contribution is 14.0. The molecule has 0 aliphatic carbocycles. The van der Waals surface area contributed by atoms with E-state index in [4.69, 9.17) is 14.6 Å². The fourth-order valence-corrected chi connectivity index (χ4v) is 2.63. The van der Waals surface area contributed by atoms with Crippen LogP contribution in [-0.4, -0.2) is 56.5 Å². The van der Waals surface area contributed by atoms with Gasteiger partial charge in [-0.15, -0.1) is 24.0 Å². The minimum Gasteiger partial charge on any atom is -0.497 e. The molecule has 26 heavy (non-hydrogen) atoms. The summed E-state index contributed by atoms with van der Waals surface area (Å²) in [5, 5.41) is 16.2. The molecule has 7 nitrogen and oxygen atoms in total. The topological polar surface area (TPSA) is 90.9 Å². The van der Waals surface area contributed by atoms with Gasteiger partial charge in [0.05, 0.1) is 26.3 Å². The van der Waals surface area contributed by atoms with Crippen LogP contribution in [-0.2, 0) is 6.42 Å². The number of halogens is 1. The van der Waals surface area contributed by atoms with Crippen LogP contribution < -0.4 is 20.1 Å². The molecule has 0 aliphatic rings. The van der Waals surface area contributed by atoms with Crippen molar-refractivity contribution in [3.8, 4) is 11.5 Å². The standard InChI is InChI=1S/C18H28N4O3.HI/c1-4-19-18(21-8-9-23)20-7-5-6-13-10-15-16(22-13)11-14(24-2)12-17(15)25-3;/h10-12,22-23H,4-9H2,1-3H3,(H2,19,20,21);1H. The van der Waals surface area contributed by atoms with Crippen LogP contribution in [0.25, 0.3) is 10.9 Å². The van der Waals surface area contributed by atoms with Gasteiger partial charge in [-0.05, 0) is 25.8 Å². The fraction of sp³-hybridized carbons (Fsp3) is 0.500. The number of guanidine groups is 1. The van der Waals surface area contributed by atoms with Gasteiger partial charge in [0, 0.05) is 42.8 Å². The number of aliphatic hydroxyl groups excluding tert-OH is 1. The number of hydrogen-bond acceptors (Lipinski definition) is 4. The van der Waals surface area contributed by atoms with Crippen LogP contribution in [0.2, 0.25) is 0 Å². The molecule has 0 unspecified atom stereocenters. The third-order valence-electron chi connectivity index (χ3n) is 3.81. The predicted octanol–water partition coefficient (Wildman–Crippen LogP) is 2.28. The first-order valence-corrected chi connectivity index (χ1v) is 8.58. The summed E-state index contributed by atoms with van der Waals surface area (Å²) >= 11 is 0. The van der Waals surface area contributed by atoms with Crippen molar-refractivity contribution in [1.29, 1.82) is 0 Å². The maximum atomic E-state index is 8.88. The van der Waals surface area contributed by atoms with Crippen molar-refractivity contribution in [1.82, 2.24) is 15.6 Å². The van der Waals surface area contributed by atoms with Gasteiger partial charge in [0.1, 0.15) is 11.5 Å². The number of benzene rings is 1. The van der Waals surface area contributed by atoms with Gasteiger partial charge in [0.25, 0.3) is 0 Å². The summed E-state index contributed by atoms with van der Waals surface area (Å²) in [6.07, 6.45) is 1.81. The fourth-order valence-electron chi connectivity index (χ4n) is 2.63. The van der Waals surface area contributed by atoms with E-state index < -0.39 is 0 Å². The number of aliphatic imine (C=N–C) groups is 1. The summed E-state index contributed by atoms with van der Waals surface area (Å²) in [5.74, 6) is 2.31. The summed E-state index contributed by atoms with van der Waals surface area (Å²) in [5.41, 5.74) is 2.15. The number of aromatic nitrogens is 1. The average Bonchev–Trinajstić information content (AvgIpc) is 3.04. The van der Waals surface area contributed by atoms with Crippen molar-refractivity contribution in [2.45, 2.75) is 19.8 Å². The quantitative estimate of drug-likeness (QED) is 0.193. The van der Waals surface area contributed by atoms with Crippen LogP contribution in [0, 0.1) is 0 Å². The molecule has 0 saturated heterocycles. The predicted molar refractivity (Wildman–Crippen MR) is 116 cm³/mol. The highest BCUT2D eigenvalue weighted by Crippen LogP contribution is 2.31. The lowest BCUT2D eigenvalue weighted by Crippen LogP contribution is -2.38. The van der Waals surface area contributed by atoms with E-state index in [1.807, 2.05) is 19.1 Å². The largest absolute Gasteiger partial charge is 0.497 e. The number of hydrogen-bond donors (Lipinski definition) is 4. The minimum absolute atomic E-state index is 0. The van der Waals surface area contributed by atoms with E-state index in [0.717, 1.165) is 53.4 Å². The molecule has 0 bridgehead atoms. The zero-order chi connectivity index (χ0) is 18.1. The van der Waals surface area contributed by atoms with Crippen LogP contribution in [0.1, 0.15) is 19.0 Å². The van der Waals surface area contributed by atoms with Gasteiger partial charge < -0.3 is 30.2 Å². The molecular weight excluding hydrogens is 447 g/mol. The highest BCUT2D eigenvalue weighted by Gasteiger charge is 2.09. The minimum atomic E-state index is 0. The van der Waals surface area contributed by atoms with Gasteiger partial charge in [0.15, 0.2) is 5.96 Å². The molecule has 2 rings (SSSR count). The molecule has 1 aromatic heterocycles. The molecule has 1 aromatic carbocycles. The summed E-state index contributed by atoms with van der Waals surface area (Å²) in [6, 6.07) is 5.98. The van der Waals surface area contributed by atoms with Crippen molar-refractivity contribution in [2.75, 3.05) is 40.5 Å². The van der Waals surface area contributed by atoms with Gasteiger partial charge in [-0.2, -0.15) is 0 Å². The molecular formula is C18H29IN4O3. The SMILES string of the molecule is CCNC(=NCCCc1cc2c(OC)cc(OC)cc2[nH]1)NCCO.I. The number of nitrogens with zero attached hydrogens (tertiary/aromatic N) is 1. The number of aliphatic hydroxyl groups is 1. The zero-order valence-corrected chi connectivity index (χ0v) is 17.9. The van der Waals surface area contributed by atoms with Crippen molar-refractivity contribution in [3.63, 3.8) is 0 Å². The molecule has 4 N–H and O–H groups in total. The van der Waals surface area contributed by atoms with E-state index in [9.17, 15) is 0 Å². The summed E-state index contributed by atoms with van der Waals surface area (Å²) in [7, 11) is 3.31. The second-order valence-electron chi connectivity index (χ2n) is 5.60. The number of nitrogens with one attached hydrogen (secondary N) is 3. The molecule has 0 amide bonds. The first-order chi connectivity index (χ1) is 12.2. The van der Waals surface area contributed by atoms with E-state index in [-0.39, 0.29) is 30.6 Å². The normalized spacial score (nSPS) is 11.2. The number of aryl methyl sites for hydroxylation is 1. The lowest BCUT2D eigenvalue weighted by atomic mass is 10.2. The second kappa shape index (κ2) is 11.8. The number of H-pyrrole nitrogens is 1. The Hall–Kier alpha value is -1.68. The van der Waals surface area contributed by atoms with Crippen LogP contribution in [0.4, 0.5) is 0 Å². The molecule has 0 radical (unpaired) electrons. The number of ether oxygens (including phenoxy) is 2. The van der Waals surface area contributed by atoms with Gasteiger partial charge in [0.2, 0.25) is 0 Å². The van der Waals surface area contributed by atoms with Gasteiger partial charge in [-0.1, -0.05) is 0 Å². The molecule has 0 atom stereocenters. The average molecular weight is 476 g/mol. The van der Waals surface area contributed by atoms with E-state index in [1.165, 1.54) is 0 Å². The molecule has 0 spiro atoms. The Morgan fingerprint density at radius 2 is 2.00 bits per heavy atom. The smallest absolute Gasteiger partial charge is 0.191 e. The lowest BCUT2D eigenvalue weighted by molar-refractivity contribution is 0.300. The maximum absolute atomic E-state index is 8.88. The summed E-state index contributed by atoms with van der Waals surface area (Å²) < 4.78 is 10.8. The monoisotopic (exact) mass is 476 g/mol. The number of rotatable bonds is 9. The molecule has 0 saturated carbocycles. The number of aromatic amines is 1. The Balaban J connectivity index is 0.00000338. The van der Waals surface area contributed by atoms with Crippen molar-refractivity contribution in [3.05, 3.63) is 23.9 Å². The molecule has 8 heteroatoms. The van der Waals surface area contributed by atoms with Crippen LogP contribution in [0.15, 0.2) is 23.2 Å². The summed E-state index contributed by atoms with van der Waals surface area (Å²) in [4.78, 5) is 7.93. The Morgan fingerprint density at radius 1 is 1.19 bits per heavy atom. The Morgan fingerprint density at radius 3 is 2.65 bits per heavy atom. The van der Waals surface area contributed by atoms with Crippen molar-refractivity contribution in [2.24, 2.45) is 4.99 Å². The Bertz CT molecular complexity index is 703. The van der Waals surface area contributed by atoms with Crippen molar-refractivity contribution < 1.29 is 14.6 Å². The van der Waals surface area contributed by atoms with Gasteiger partial charge >= 0.3 is 0 Å². The van der Waals surface area contributed by atoms with Crippen LogP contribution in [0.5, 0.6) is 11.5 Å². The molecule has 146 valence electrons. The first-order valence-electron chi connectivity index (χ1n) is 8.58. The van der Waals surface area contributed by atoms with Crippen LogP contribution >= 0.6 is 24.0 Å². The third kappa shape index (κ3) is 6.24. The van der Waals surface area contributed by atoms with Crippen LogP contribution in [0.3, 0.4) is 0 Å². The Labute approximate surface area is 171 Å². The molecule has 2 aromatic rings. The van der Waals surface area contributed by atoms with E-state index in [2.05, 4.69) is 26.7 Å². The van der Waals surface area contributed by atoms with E-state index >= 15 is 0 Å². The third-order valence-corrected chi connectivity index (χ3v) is 3.81. The molecule has 0 fully saturated rings. The number of methoxy groups -OCH3 is 2. The van der Waals surface area contributed by atoms with Gasteiger partial charge in [-0.3, -0.25) is 4.99 Å². The maximum Gasteiger partial charge on any atom is 0.191 e. The van der Waals surface area contributed by atoms with E-state index in [0.29, 0.717) is 13.1 Å². The Kier molecular flexibility index (Phi) is 10.2. The highest BCUT2D eigenvalue weighted by atomic mass is 127. The zero-order valence-electron chi connectivity index (χ0n) is 15.6. The molecule has 1 heterocycles. The first kappa shape index (κ1) is 22.4. The molecule has 0 aliphatic heterocycles. The lowest BCUT2D eigenvalue weighted by Gasteiger charge is -2.09. The second-order valence-corrected chi connectivity index (χ2v) is 5.60.